The van der Waals surface area contributed by atoms with Crippen molar-refractivity contribution >= 4 is 11.1 Å². The second-order valence-electron chi connectivity index (χ2n) is 5.01. The second kappa shape index (κ2) is 4.45. The highest BCUT2D eigenvalue weighted by atomic mass is 14.2. The second-order valence-corrected chi connectivity index (χ2v) is 5.01. The Kier molecular flexibility index (Phi) is 2.79. The topological polar surface area (TPSA) is 0 Å². The summed E-state index contributed by atoms with van der Waals surface area (Å²) in [6.07, 6.45) is 2.20. The minimum Gasteiger partial charge on any atom is -0.0619 e. The molecule has 0 nitrogen and oxygen atoms in total. The summed E-state index contributed by atoms with van der Waals surface area (Å²) in [5.41, 5.74) is 8.68. The summed E-state index contributed by atoms with van der Waals surface area (Å²) in [5, 5.41) is 0. The van der Waals surface area contributed by atoms with Crippen molar-refractivity contribution in [1.82, 2.24) is 0 Å². The van der Waals surface area contributed by atoms with Crippen molar-refractivity contribution < 1.29 is 0 Å². The Morgan fingerprint density at radius 2 is 1.67 bits per heavy atom. The SMILES string of the molecule is CCC1=C(c2ccc(C)cc2)Cc2ccccc21. The summed E-state index contributed by atoms with van der Waals surface area (Å²) in [5.74, 6) is 0. The van der Waals surface area contributed by atoms with Crippen LogP contribution in [0.4, 0.5) is 0 Å². The van der Waals surface area contributed by atoms with E-state index in [1.165, 1.54) is 33.4 Å². The van der Waals surface area contributed by atoms with E-state index in [1.807, 2.05) is 0 Å². The summed E-state index contributed by atoms with van der Waals surface area (Å²) in [7, 11) is 0. The number of hydrogen-bond donors (Lipinski definition) is 0. The zero-order valence-corrected chi connectivity index (χ0v) is 11.0. The van der Waals surface area contributed by atoms with Crippen molar-refractivity contribution in [1.29, 1.82) is 0 Å². The summed E-state index contributed by atoms with van der Waals surface area (Å²) in [6.45, 7) is 4.40. The number of benzene rings is 2. The van der Waals surface area contributed by atoms with Crippen LogP contribution in [0.25, 0.3) is 11.1 Å². The van der Waals surface area contributed by atoms with Gasteiger partial charge in [-0.2, -0.15) is 0 Å². The van der Waals surface area contributed by atoms with E-state index in [4.69, 9.17) is 0 Å². The Morgan fingerprint density at radius 1 is 0.944 bits per heavy atom. The molecular weight excluding hydrogens is 216 g/mol. The Morgan fingerprint density at radius 3 is 2.39 bits per heavy atom. The summed E-state index contributed by atoms with van der Waals surface area (Å²) in [4.78, 5) is 0. The molecule has 0 saturated heterocycles. The lowest BCUT2D eigenvalue weighted by Crippen LogP contribution is -1.86. The fourth-order valence-electron chi connectivity index (χ4n) is 2.86. The van der Waals surface area contributed by atoms with Crippen molar-refractivity contribution in [2.24, 2.45) is 0 Å². The highest BCUT2D eigenvalue weighted by molar-refractivity contribution is 5.96. The number of rotatable bonds is 2. The minimum absolute atomic E-state index is 1.09. The Bertz CT molecular complexity index is 600. The Balaban J connectivity index is 2.10. The molecule has 18 heavy (non-hydrogen) atoms. The number of allylic oxidation sites excluding steroid dienone is 2. The third-order valence-corrected chi connectivity index (χ3v) is 3.83. The molecule has 1 aliphatic rings. The predicted octanol–water partition coefficient (Wildman–Crippen LogP) is 4.87. The molecule has 0 N–H and O–H groups in total. The first-order valence-electron chi connectivity index (χ1n) is 6.67. The molecule has 0 bridgehead atoms. The molecule has 0 aromatic heterocycles. The van der Waals surface area contributed by atoms with E-state index in [0.29, 0.717) is 0 Å². The van der Waals surface area contributed by atoms with E-state index in [1.54, 1.807) is 0 Å². The van der Waals surface area contributed by atoms with Gasteiger partial charge in [0.1, 0.15) is 0 Å². The van der Waals surface area contributed by atoms with Crippen molar-refractivity contribution in [3.05, 3.63) is 70.8 Å². The number of aryl methyl sites for hydroxylation is 1. The molecule has 0 amide bonds. The van der Waals surface area contributed by atoms with Gasteiger partial charge in [0.05, 0.1) is 0 Å². The van der Waals surface area contributed by atoms with Crippen LogP contribution in [0.15, 0.2) is 48.5 Å². The molecule has 0 unspecified atom stereocenters. The van der Waals surface area contributed by atoms with Crippen LogP contribution in [-0.2, 0) is 6.42 Å². The fourth-order valence-corrected chi connectivity index (χ4v) is 2.86. The van der Waals surface area contributed by atoms with Crippen molar-refractivity contribution in [2.45, 2.75) is 26.7 Å². The maximum atomic E-state index is 2.26. The van der Waals surface area contributed by atoms with E-state index in [2.05, 4.69) is 62.4 Å². The van der Waals surface area contributed by atoms with Gasteiger partial charge < -0.3 is 0 Å². The lowest BCUT2D eigenvalue weighted by atomic mass is 9.98. The van der Waals surface area contributed by atoms with Crippen molar-refractivity contribution in [3.63, 3.8) is 0 Å². The standard InChI is InChI=1S/C18H18/c1-3-16-17-7-5-4-6-15(17)12-18(16)14-10-8-13(2)9-11-14/h4-11H,3,12H2,1-2H3. The molecule has 2 aromatic rings. The van der Waals surface area contributed by atoms with Crippen LogP contribution in [0.1, 0.15) is 35.6 Å². The van der Waals surface area contributed by atoms with Crippen molar-refractivity contribution in [3.8, 4) is 0 Å². The van der Waals surface area contributed by atoms with Crippen LogP contribution >= 0.6 is 0 Å². The molecule has 0 aliphatic heterocycles. The molecule has 0 radical (unpaired) electrons. The Labute approximate surface area is 109 Å². The van der Waals surface area contributed by atoms with Crippen LogP contribution in [-0.4, -0.2) is 0 Å². The lowest BCUT2D eigenvalue weighted by molar-refractivity contribution is 1.25. The monoisotopic (exact) mass is 234 g/mol. The maximum absolute atomic E-state index is 2.26. The third-order valence-electron chi connectivity index (χ3n) is 3.83. The zero-order valence-electron chi connectivity index (χ0n) is 11.0. The van der Waals surface area contributed by atoms with Crippen LogP contribution < -0.4 is 0 Å². The molecular formula is C18H18. The highest BCUT2D eigenvalue weighted by Gasteiger charge is 2.20. The molecule has 0 spiro atoms. The molecule has 3 rings (SSSR count). The van der Waals surface area contributed by atoms with Crippen LogP contribution in [0.2, 0.25) is 0 Å². The van der Waals surface area contributed by atoms with Gasteiger partial charge in [-0.15, -0.1) is 0 Å². The molecule has 0 atom stereocenters. The third kappa shape index (κ3) is 1.78. The molecule has 0 saturated carbocycles. The number of fused-ring (bicyclic) bond motifs is 1. The zero-order chi connectivity index (χ0) is 12.5. The van der Waals surface area contributed by atoms with Crippen LogP contribution in [0, 0.1) is 6.92 Å². The molecule has 0 heteroatoms. The van der Waals surface area contributed by atoms with Crippen LogP contribution in [0.5, 0.6) is 0 Å². The molecule has 90 valence electrons. The molecule has 0 heterocycles. The summed E-state index contributed by atoms with van der Waals surface area (Å²) < 4.78 is 0. The average molecular weight is 234 g/mol. The van der Waals surface area contributed by atoms with Crippen LogP contribution in [0.3, 0.4) is 0 Å². The lowest BCUT2D eigenvalue weighted by Gasteiger charge is -2.07. The van der Waals surface area contributed by atoms with E-state index in [0.717, 1.165) is 12.8 Å². The van der Waals surface area contributed by atoms with Gasteiger partial charge in [0.25, 0.3) is 0 Å². The first kappa shape index (κ1) is 11.3. The van der Waals surface area contributed by atoms with Gasteiger partial charge >= 0.3 is 0 Å². The first-order chi connectivity index (χ1) is 8.79. The molecule has 1 aliphatic carbocycles. The van der Waals surface area contributed by atoms with Gasteiger partial charge in [0.15, 0.2) is 0 Å². The Hall–Kier alpha value is -1.82. The van der Waals surface area contributed by atoms with Gasteiger partial charge in [-0.05, 0) is 47.6 Å². The minimum atomic E-state index is 1.09. The fraction of sp³-hybridized carbons (Fsp3) is 0.222. The largest absolute Gasteiger partial charge is 0.0619 e. The van der Waals surface area contributed by atoms with Gasteiger partial charge in [-0.25, -0.2) is 0 Å². The van der Waals surface area contributed by atoms with Gasteiger partial charge in [0, 0.05) is 0 Å². The van der Waals surface area contributed by atoms with E-state index in [9.17, 15) is 0 Å². The van der Waals surface area contributed by atoms with Gasteiger partial charge in [-0.1, -0.05) is 61.0 Å². The maximum Gasteiger partial charge on any atom is -0.00108 e. The summed E-state index contributed by atoms with van der Waals surface area (Å²) in [6, 6.07) is 17.7. The van der Waals surface area contributed by atoms with Gasteiger partial charge in [0.2, 0.25) is 0 Å². The van der Waals surface area contributed by atoms with Crippen molar-refractivity contribution in [2.75, 3.05) is 0 Å². The van der Waals surface area contributed by atoms with E-state index in [-0.39, 0.29) is 0 Å². The van der Waals surface area contributed by atoms with E-state index < -0.39 is 0 Å². The highest BCUT2D eigenvalue weighted by Crippen LogP contribution is 2.39. The average Bonchev–Trinajstić information content (AvgIpc) is 2.78. The van der Waals surface area contributed by atoms with Gasteiger partial charge in [-0.3, -0.25) is 0 Å². The smallest absolute Gasteiger partial charge is 0.00108 e. The molecule has 0 fully saturated rings. The summed E-state index contributed by atoms with van der Waals surface area (Å²) >= 11 is 0. The molecule has 2 aromatic carbocycles. The first-order valence-corrected chi connectivity index (χ1v) is 6.67. The predicted molar refractivity (Wildman–Crippen MR) is 78.4 cm³/mol. The quantitative estimate of drug-likeness (QED) is 0.695. The number of hydrogen-bond acceptors (Lipinski definition) is 0. The normalized spacial score (nSPS) is 13.9. The van der Waals surface area contributed by atoms with E-state index >= 15 is 0 Å².